The molecule has 0 aliphatic carbocycles. The van der Waals surface area contributed by atoms with Gasteiger partial charge in [0.05, 0.1) is 0 Å². The van der Waals surface area contributed by atoms with Crippen LogP contribution in [0.3, 0.4) is 0 Å². The number of rotatable bonds is 8. The van der Waals surface area contributed by atoms with Crippen molar-refractivity contribution in [2.75, 3.05) is 0 Å². The first-order valence-corrected chi connectivity index (χ1v) is 7.45. The monoisotopic (exact) mass is 267 g/mol. The highest BCUT2D eigenvalue weighted by atomic mass is 16.4. The highest BCUT2D eigenvalue weighted by molar-refractivity contribution is 5.62. The Hall–Kier alpha value is -1.25. The second-order valence-electron chi connectivity index (χ2n) is 4.83. The van der Waals surface area contributed by atoms with Crippen molar-refractivity contribution in [3.05, 3.63) is 24.0 Å². The van der Waals surface area contributed by atoms with Crippen LogP contribution in [0.4, 0.5) is 0 Å². The summed E-state index contributed by atoms with van der Waals surface area (Å²) in [5.41, 5.74) is 1.48. The SMILES string of the molecule is CC(=O)O.CCCCCCCCn1cccc1CC. The largest absolute Gasteiger partial charge is 0.481 e. The van der Waals surface area contributed by atoms with Crippen molar-refractivity contribution in [3.8, 4) is 0 Å². The van der Waals surface area contributed by atoms with Gasteiger partial charge >= 0.3 is 0 Å². The van der Waals surface area contributed by atoms with Gasteiger partial charge in [0, 0.05) is 25.4 Å². The van der Waals surface area contributed by atoms with Crippen molar-refractivity contribution in [2.45, 2.75) is 72.3 Å². The Morgan fingerprint density at radius 3 is 2.32 bits per heavy atom. The van der Waals surface area contributed by atoms with Crippen LogP contribution in [0.15, 0.2) is 18.3 Å². The summed E-state index contributed by atoms with van der Waals surface area (Å²) in [4.78, 5) is 9.00. The molecule has 1 aromatic heterocycles. The Morgan fingerprint density at radius 2 is 1.74 bits per heavy atom. The van der Waals surface area contributed by atoms with E-state index in [9.17, 15) is 0 Å². The molecule has 1 rings (SSSR count). The van der Waals surface area contributed by atoms with Gasteiger partial charge in [0.25, 0.3) is 5.97 Å². The zero-order chi connectivity index (χ0) is 14.5. The third kappa shape index (κ3) is 10.4. The van der Waals surface area contributed by atoms with E-state index >= 15 is 0 Å². The quantitative estimate of drug-likeness (QED) is 0.704. The van der Waals surface area contributed by atoms with E-state index in [0.717, 1.165) is 13.3 Å². The molecule has 1 N–H and O–H groups in total. The van der Waals surface area contributed by atoms with Crippen LogP contribution in [-0.4, -0.2) is 15.6 Å². The van der Waals surface area contributed by atoms with Gasteiger partial charge < -0.3 is 9.67 Å². The van der Waals surface area contributed by atoms with Crippen molar-refractivity contribution in [2.24, 2.45) is 0 Å². The molecule has 0 spiro atoms. The standard InChI is InChI=1S/C14H25N.C2H4O2/c1-3-5-6-7-8-9-12-15-13-10-11-14(15)4-2;1-2(3)4/h10-11,13H,3-9,12H2,1-2H3;1H3,(H,3,4). The van der Waals surface area contributed by atoms with E-state index in [1.54, 1.807) is 0 Å². The molecule has 1 heterocycles. The second kappa shape index (κ2) is 11.8. The first-order valence-electron chi connectivity index (χ1n) is 7.45. The molecule has 0 radical (unpaired) electrons. The number of hydrogen-bond donors (Lipinski definition) is 1. The van der Waals surface area contributed by atoms with Gasteiger partial charge in [-0.3, -0.25) is 4.79 Å². The van der Waals surface area contributed by atoms with Crippen molar-refractivity contribution < 1.29 is 9.90 Å². The molecule has 19 heavy (non-hydrogen) atoms. The van der Waals surface area contributed by atoms with Crippen LogP contribution in [0, 0.1) is 0 Å². The number of carbonyl (C=O) groups is 1. The van der Waals surface area contributed by atoms with Crippen LogP contribution in [0.25, 0.3) is 0 Å². The summed E-state index contributed by atoms with van der Waals surface area (Å²) in [5, 5.41) is 7.42. The summed E-state index contributed by atoms with van der Waals surface area (Å²) in [5.74, 6) is -0.833. The van der Waals surface area contributed by atoms with Crippen molar-refractivity contribution >= 4 is 5.97 Å². The summed E-state index contributed by atoms with van der Waals surface area (Å²) in [6.07, 6.45) is 11.7. The smallest absolute Gasteiger partial charge is 0.300 e. The van der Waals surface area contributed by atoms with E-state index in [0.29, 0.717) is 0 Å². The van der Waals surface area contributed by atoms with Gasteiger partial charge in [-0.25, -0.2) is 0 Å². The second-order valence-corrected chi connectivity index (χ2v) is 4.83. The topological polar surface area (TPSA) is 42.2 Å². The number of aliphatic carboxylic acids is 1. The molecule has 0 aliphatic rings. The number of carboxylic acid groups (broad SMARTS) is 1. The number of hydrogen-bond acceptors (Lipinski definition) is 1. The fourth-order valence-corrected chi connectivity index (χ4v) is 2.05. The molecule has 0 fully saturated rings. The van der Waals surface area contributed by atoms with Crippen molar-refractivity contribution in [1.29, 1.82) is 0 Å². The first-order chi connectivity index (χ1) is 9.11. The lowest BCUT2D eigenvalue weighted by atomic mass is 10.1. The Balaban J connectivity index is 0.000000711. The maximum Gasteiger partial charge on any atom is 0.300 e. The molecular weight excluding hydrogens is 238 g/mol. The molecule has 0 saturated carbocycles. The predicted molar refractivity (Wildman–Crippen MR) is 80.5 cm³/mol. The Kier molecular flexibility index (Phi) is 11.0. The average Bonchev–Trinajstić information content (AvgIpc) is 2.80. The third-order valence-corrected chi connectivity index (χ3v) is 3.04. The van der Waals surface area contributed by atoms with Crippen LogP contribution in [-0.2, 0) is 17.8 Å². The molecule has 0 amide bonds. The van der Waals surface area contributed by atoms with Gasteiger partial charge in [-0.2, -0.15) is 0 Å². The van der Waals surface area contributed by atoms with E-state index in [1.165, 1.54) is 50.8 Å². The number of carboxylic acids is 1. The summed E-state index contributed by atoms with van der Waals surface area (Å²) in [7, 11) is 0. The minimum Gasteiger partial charge on any atom is -0.481 e. The molecular formula is C16H29NO2. The Labute approximate surface area is 117 Å². The number of unbranched alkanes of at least 4 members (excludes halogenated alkanes) is 5. The maximum absolute atomic E-state index is 9.00. The lowest BCUT2D eigenvalue weighted by Crippen LogP contribution is -2.00. The third-order valence-electron chi connectivity index (χ3n) is 3.04. The lowest BCUT2D eigenvalue weighted by molar-refractivity contribution is -0.134. The fourth-order valence-electron chi connectivity index (χ4n) is 2.05. The highest BCUT2D eigenvalue weighted by Gasteiger charge is 1.97. The Morgan fingerprint density at radius 1 is 1.16 bits per heavy atom. The molecule has 3 heteroatoms. The van der Waals surface area contributed by atoms with E-state index < -0.39 is 5.97 Å². The van der Waals surface area contributed by atoms with Crippen LogP contribution in [0.5, 0.6) is 0 Å². The van der Waals surface area contributed by atoms with E-state index in [2.05, 4.69) is 36.7 Å². The molecule has 3 nitrogen and oxygen atoms in total. The first kappa shape index (κ1) is 17.8. The summed E-state index contributed by atoms with van der Waals surface area (Å²) in [6.45, 7) is 6.79. The van der Waals surface area contributed by atoms with Crippen molar-refractivity contribution in [1.82, 2.24) is 4.57 Å². The summed E-state index contributed by atoms with van der Waals surface area (Å²) < 4.78 is 2.40. The molecule has 0 unspecified atom stereocenters. The highest BCUT2D eigenvalue weighted by Crippen LogP contribution is 2.09. The number of aryl methyl sites for hydroxylation is 2. The van der Waals surface area contributed by atoms with Crippen LogP contribution >= 0.6 is 0 Å². The molecule has 0 aromatic carbocycles. The van der Waals surface area contributed by atoms with Crippen LogP contribution in [0.2, 0.25) is 0 Å². The zero-order valence-electron chi connectivity index (χ0n) is 12.7. The molecule has 0 aliphatic heterocycles. The van der Waals surface area contributed by atoms with Crippen LogP contribution < -0.4 is 0 Å². The van der Waals surface area contributed by atoms with Crippen LogP contribution in [0.1, 0.15) is 65.0 Å². The summed E-state index contributed by atoms with van der Waals surface area (Å²) in [6, 6.07) is 4.40. The van der Waals surface area contributed by atoms with Gasteiger partial charge in [-0.05, 0) is 25.0 Å². The van der Waals surface area contributed by atoms with Gasteiger partial charge in [-0.1, -0.05) is 46.0 Å². The molecule has 110 valence electrons. The summed E-state index contributed by atoms with van der Waals surface area (Å²) >= 11 is 0. The minimum atomic E-state index is -0.833. The fraction of sp³-hybridized carbons (Fsp3) is 0.688. The average molecular weight is 267 g/mol. The van der Waals surface area contributed by atoms with Crippen molar-refractivity contribution in [3.63, 3.8) is 0 Å². The van der Waals surface area contributed by atoms with Gasteiger partial charge in [-0.15, -0.1) is 0 Å². The maximum atomic E-state index is 9.00. The number of aromatic nitrogens is 1. The molecule has 0 atom stereocenters. The van der Waals surface area contributed by atoms with E-state index in [-0.39, 0.29) is 0 Å². The number of nitrogens with zero attached hydrogens (tertiary/aromatic N) is 1. The molecule has 1 aromatic rings. The normalized spacial score (nSPS) is 9.84. The van der Waals surface area contributed by atoms with Gasteiger partial charge in [0.15, 0.2) is 0 Å². The van der Waals surface area contributed by atoms with Gasteiger partial charge in [0.2, 0.25) is 0 Å². The Bertz CT molecular complexity index is 327. The minimum absolute atomic E-state index is 0.833. The predicted octanol–water partition coefficient (Wildman–Crippen LogP) is 4.50. The molecule has 0 saturated heterocycles. The van der Waals surface area contributed by atoms with E-state index in [1.807, 2.05) is 0 Å². The van der Waals surface area contributed by atoms with E-state index in [4.69, 9.17) is 9.90 Å². The van der Waals surface area contributed by atoms with Gasteiger partial charge in [0.1, 0.15) is 0 Å². The zero-order valence-corrected chi connectivity index (χ0v) is 12.7. The lowest BCUT2D eigenvalue weighted by Gasteiger charge is -2.07. The molecule has 0 bridgehead atoms.